The lowest BCUT2D eigenvalue weighted by atomic mass is 9.93. The van der Waals surface area contributed by atoms with E-state index in [0.717, 1.165) is 38.8 Å². The molecule has 0 bridgehead atoms. The van der Waals surface area contributed by atoms with E-state index >= 15 is 0 Å². The van der Waals surface area contributed by atoms with E-state index in [1.165, 1.54) is 11.1 Å². The smallest absolute Gasteiger partial charge is 0.223 e. The number of fused-ring (bicyclic) bond motifs is 1. The summed E-state index contributed by atoms with van der Waals surface area (Å²) in [6.07, 6.45) is 7.45. The summed E-state index contributed by atoms with van der Waals surface area (Å²) >= 11 is 0. The zero-order valence-electron chi connectivity index (χ0n) is 13.6. The topological polar surface area (TPSA) is 52.6 Å². The molecule has 1 aromatic carbocycles. The van der Waals surface area contributed by atoms with Crippen molar-refractivity contribution in [1.82, 2.24) is 10.2 Å². The molecule has 3 rings (SSSR count). The monoisotopic (exact) mass is 314 g/mol. The predicted octanol–water partition coefficient (Wildman–Crippen LogP) is 1.88. The summed E-state index contributed by atoms with van der Waals surface area (Å²) in [5, 5.41) is 13.1. The van der Waals surface area contributed by atoms with E-state index in [-0.39, 0.29) is 11.8 Å². The Bertz CT molecular complexity index is 570. The van der Waals surface area contributed by atoms with E-state index in [1.54, 1.807) is 0 Å². The molecule has 2 N–H and O–H groups in total. The third-order valence-corrected chi connectivity index (χ3v) is 4.83. The molecule has 124 valence electrons. The van der Waals surface area contributed by atoms with Gasteiger partial charge in [-0.25, -0.2) is 0 Å². The lowest BCUT2D eigenvalue weighted by Gasteiger charge is -2.30. The van der Waals surface area contributed by atoms with E-state index in [9.17, 15) is 9.90 Å². The Hall–Kier alpha value is -1.65. The maximum Gasteiger partial charge on any atom is 0.223 e. The number of nitrogens with one attached hydrogen (secondary N) is 1. The summed E-state index contributed by atoms with van der Waals surface area (Å²) in [7, 11) is 0. The minimum atomic E-state index is -0.511. The van der Waals surface area contributed by atoms with Gasteiger partial charge in [0.25, 0.3) is 0 Å². The molecule has 2 unspecified atom stereocenters. The number of hydrogen-bond acceptors (Lipinski definition) is 3. The lowest BCUT2D eigenvalue weighted by Crippen LogP contribution is -2.43. The molecule has 0 saturated heterocycles. The molecule has 0 fully saturated rings. The highest BCUT2D eigenvalue weighted by atomic mass is 16.3. The van der Waals surface area contributed by atoms with Crippen LogP contribution in [0.4, 0.5) is 0 Å². The Morgan fingerprint density at radius 2 is 2.13 bits per heavy atom. The van der Waals surface area contributed by atoms with E-state index in [1.807, 2.05) is 0 Å². The molecule has 1 aliphatic carbocycles. The van der Waals surface area contributed by atoms with Crippen LogP contribution in [0.5, 0.6) is 0 Å². The van der Waals surface area contributed by atoms with Crippen molar-refractivity contribution in [2.24, 2.45) is 5.92 Å². The van der Waals surface area contributed by atoms with Gasteiger partial charge in [-0.1, -0.05) is 36.4 Å². The van der Waals surface area contributed by atoms with Crippen molar-refractivity contribution in [3.63, 3.8) is 0 Å². The molecule has 23 heavy (non-hydrogen) atoms. The number of benzene rings is 1. The number of aliphatic hydroxyl groups excluding tert-OH is 1. The zero-order chi connectivity index (χ0) is 16.1. The average Bonchev–Trinajstić information content (AvgIpc) is 2.60. The molecule has 1 amide bonds. The molecule has 1 heterocycles. The first-order valence-electron chi connectivity index (χ1n) is 8.62. The third kappa shape index (κ3) is 4.43. The Morgan fingerprint density at radius 1 is 1.30 bits per heavy atom. The van der Waals surface area contributed by atoms with Gasteiger partial charge >= 0.3 is 0 Å². The van der Waals surface area contributed by atoms with Crippen molar-refractivity contribution < 1.29 is 9.90 Å². The van der Waals surface area contributed by atoms with Crippen molar-refractivity contribution in [3.05, 3.63) is 47.5 Å². The van der Waals surface area contributed by atoms with Crippen LogP contribution in [0.25, 0.3) is 0 Å². The van der Waals surface area contributed by atoms with Gasteiger partial charge in [-0.2, -0.15) is 0 Å². The Labute approximate surface area is 138 Å². The number of aliphatic hydroxyl groups is 1. The molecule has 1 aliphatic heterocycles. The van der Waals surface area contributed by atoms with E-state index in [2.05, 4.69) is 46.6 Å². The molecule has 0 spiro atoms. The van der Waals surface area contributed by atoms with Gasteiger partial charge in [0.2, 0.25) is 5.91 Å². The maximum absolute atomic E-state index is 12.1. The van der Waals surface area contributed by atoms with Crippen molar-refractivity contribution >= 4 is 5.91 Å². The number of nitrogens with zero attached hydrogens (tertiary/aromatic N) is 1. The molecule has 1 aromatic rings. The quantitative estimate of drug-likeness (QED) is 0.816. The summed E-state index contributed by atoms with van der Waals surface area (Å²) in [6.45, 7) is 2.81. The highest BCUT2D eigenvalue weighted by molar-refractivity contribution is 5.78. The molecule has 2 atom stereocenters. The summed E-state index contributed by atoms with van der Waals surface area (Å²) in [4.78, 5) is 14.4. The van der Waals surface area contributed by atoms with Crippen LogP contribution in [0.2, 0.25) is 0 Å². The zero-order valence-corrected chi connectivity index (χ0v) is 13.6. The third-order valence-electron chi connectivity index (χ3n) is 4.83. The fourth-order valence-electron chi connectivity index (χ4n) is 3.47. The van der Waals surface area contributed by atoms with Crippen LogP contribution in [0.3, 0.4) is 0 Å². The Kier molecular flexibility index (Phi) is 5.47. The van der Waals surface area contributed by atoms with Crippen molar-refractivity contribution in [3.8, 4) is 0 Å². The number of amides is 1. The SMILES string of the molecule is O=C(NCC(O)CN1CCc2ccccc2C1)C1CC=CCC1. The number of carbonyl (C=O) groups excluding carboxylic acids is 1. The van der Waals surface area contributed by atoms with E-state index in [0.29, 0.717) is 13.1 Å². The van der Waals surface area contributed by atoms with Crippen LogP contribution in [0.15, 0.2) is 36.4 Å². The lowest BCUT2D eigenvalue weighted by molar-refractivity contribution is -0.125. The number of β-amino-alcohol motifs (C(OH)–C–C–N with tert-alkyl or cyclic N) is 1. The number of allylic oxidation sites excluding steroid dienone is 2. The Balaban J connectivity index is 1.42. The van der Waals surface area contributed by atoms with E-state index < -0.39 is 6.10 Å². The number of rotatable bonds is 5. The van der Waals surface area contributed by atoms with Crippen molar-refractivity contribution in [2.45, 2.75) is 38.3 Å². The predicted molar refractivity (Wildman–Crippen MR) is 90.9 cm³/mol. The molecule has 0 aromatic heterocycles. The minimum absolute atomic E-state index is 0.0778. The summed E-state index contributed by atoms with van der Waals surface area (Å²) in [5.41, 5.74) is 2.76. The maximum atomic E-state index is 12.1. The fourth-order valence-corrected chi connectivity index (χ4v) is 3.47. The largest absolute Gasteiger partial charge is 0.390 e. The molecular formula is C19H26N2O2. The van der Waals surface area contributed by atoms with Crippen LogP contribution < -0.4 is 5.32 Å². The van der Waals surface area contributed by atoms with Gasteiger partial charge in [-0.05, 0) is 36.8 Å². The second kappa shape index (κ2) is 7.75. The summed E-state index contributed by atoms with van der Waals surface area (Å²) in [6, 6.07) is 8.49. The molecular weight excluding hydrogens is 288 g/mol. The second-order valence-electron chi connectivity index (χ2n) is 6.63. The highest BCUT2D eigenvalue weighted by Gasteiger charge is 2.21. The highest BCUT2D eigenvalue weighted by Crippen LogP contribution is 2.19. The van der Waals surface area contributed by atoms with Gasteiger partial charge in [0.1, 0.15) is 0 Å². The first kappa shape index (κ1) is 16.2. The normalized spacial score (nSPS) is 22.4. The summed E-state index contributed by atoms with van der Waals surface area (Å²) < 4.78 is 0. The molecule has 0 saturated carbocycles. The van der Waals surface area contributed by atoms with Crippen LogP contribution in [-0.2, 0) is 17.8 Å². The van der Waals surface area contributed by atoms with Crippen LogP contribution in [0.1, 0.15) is 30.4 Å². The molecule has 4 nitrogen and oxygen atoms in total. The van der Waals surface area contributed by atoms with Crippen LogP contribution >= 0.6 is 0 Å². The van der Waals surface area contributed by atoms with Gasteiger partial charge in [0, 0.05) is 32.1 Å². The van der Waals surface area contributed by atoms with Gasteiger partial charge in [-0.15, -0.1) is 0 Å². The minimum Gasteiger partial charge on any atom is -0.390 e. The van der Waals surface area contributed by atoms with Crippen molar-refractivity contribution in [2.75, 3.05) is 19.6 Å². The second-order valence-corrected chi connectivity index (χ2v) is 6.63. The Morgan fingerprint density at radius 3 is 2.91 bits per heavy atom. The van der Waals surface area contributed by atoms with Gasteiger partial charge in [0.15, 0.2) is 0 Å². The van der Waals surface area contributed by atoms with Gasteiger partial charge in [0.05, 0.1) is 6.10 Å². The molecule has 0 radical (unpaired) electrons. The number of carbonyl (C=O) groups is 1. The standard InChI is InChI=1S/C19H26N2O2/c22-18(12-20-19(23)16-7-2-1-3-8-16)14-21-11-10-15-6-4-5-9-17(15)13-21/h1-2,4-6,9,16,18,22H,3,7-8,10-14H2,(H,20,23). The van der Waals surface area contributed by atoms with Gasteiger partial charge in [-0.3, -0.25) is 9.69 Å². The molecule has 2 aliphatic rings. The van der Waals surface area contributed by atoms with Crippen LogP contribution in [-0.4, -0.2) is 41.7 Å². The van der Waals surface area contributed by atoms with E-state index in [4.69, 9.17) is 0 Å². The average molecular weight is 314 g/mol. The van der Waals surface area contributed by atoms with Crippen LogP contribution in [0, 0.1) is 5.92 Å². The first-order chi connectivity index (χ1) is 11.2. The fraction of sp³-hybridized carbons (Fsp3) is 0.526. The van der Waals surface area contributed by atoms with Gasteiger partial charge < -0.3 is 10.4 Å². The van der Waals surface area contributed by atoms with Crippen molar-refractivity contribution in [1.29, 1.82) is 0 Å². The number of hydrogen-bond donors (Lipinski definition) is 2. The first-order valence-corrected chi connectivity index (χ1v) is 8.62. The summed E-state index contributed by atoms with van der Waals surface area (Å²) in [5.74, 6) is 0.159. The molecule has 4 heteroatoms.